The van der Waals surface area contributed by atoms with Gasteiger partial charge in [0, 0.05) is 10.5 Å². The van der Waals surface area contributed by atoms with Crippen LogP contribution >= 0.6 is 12.6 Å². The number of rotatable bonds is 3. The normalized spacial score (nSPS) is 11.4. The average Bonchev–Trinajstić information content (AvgIpc) is 2.15. The summed E-state index contributed by atoms with van der Waals surface area (Å²) in [7, 11) is 0. The molecular weight excluding hydrogens is 194 g/mol. The minimum atomic E-state index is -0.390. The van der Waals surface area contributed by atoms with Gasteiger partial charge >= 0.3 is 0 Å². The Bertz CT molecular complexity index is 354. The van der Waals surface area contributed by atoms with Crippen molar-refractivity contribution < 1.29 is 4.79 Å². The summed E-state index contributed by atoms with van der Waals surface area (Å²) in [5.74, 6) is -0.390. The number of carbonyl (C=O) groups excluding carboxylic acids is 1. The first-order valence-electron chi connectivity index (χ1n) is 4.44. The quantitative estimate of drug-likeness (QED) is 0.579. The Morgan fingerprint density at radius 2 is 2.00 bits per heavy atom. The fourth-order valence-electron chi connectivity index (χ4n) is 1.21. The molecule has 0 bridgehead atoms. The third-order valence-electron chi connectivity index (χ3n) is 1.85. The van der Waals surface area contributed by atoms with Crippen LogP contribution in [0.2, 0.25) is 0 Å². The lowest BCUT2D eigenvalue weighted by atomic mass is 10.0. The number of primary amides is 1. The summed E-state index contributed by atoms with van der Waals surface area (Å²) in [5.41, 5.74) is 6.68. The van der Waals surface area contributed by atoms with Crippen LogP contribution in [0.25, 0.3) is 5.57 Å². The molecule has 74 valence electrons. The van der Waals surface area contributed by atoms with E-state index in [2.05, 4.69) is 12.6 Å². The highest BCUT2D eigenvalue weighted by molar-refractivity contribution is 7.80. The van der Waals surface area contributed by atoms with E-state index in [4.69, 9.17) is 5.73 Å². The highest BCUT2D eigenvalue weighted by Gasteiger charge is 2.06. The smallest absolute Gasteiger partial charge is 0.248 e. The van der Waals surface area contributed by atoms with E-state index in [-0.39, 0.29) is 0 Å². The molecule has 14 heavy (non-hydrogen) atoms. The van der Waals surface area contributed by atoms with Gasteiger partial charge in [0.2, 0.25) is 5.91 Å². The first-order valence-corrected chi connectivity index (χ1v) is 4.89. The molecule has 0 radical (unpaired) electrons. The summed E-state index contributed by atoms with van der Waals surface area (Å²) in [4.78, 5) is 12.0. The van der Waals surface area contributed by atoms with Crippen LogP contribution in [0.15, 0.2) is 35.2 Å². The van der Waals surface area contributed by atoms with Crippen molar-refractivity contribution in [2.24, 2.45) is 5.73 Å². The minimum absolute atomic E-state index is 0.390. The third-order valence-corrected chi connectivity index (χ3v) is 2.15. The van der Waals surface area contributed by atoms with Gasteiger partial charge in [0.05, 0.1) is 0 Å². The standard InChI is InChI=1S/C11H13NOS/c1-2-3-10(11(12)13)8-4-6-9(14)7-5-8/h3-7,14H,2H2,1H3,(H2,12,13)/b10-3-. The largest absolute Gasteiger partial charge is 0.366 e. The van der Waals surface area contributed by atoms with Gasteiger partial charge in [-0.1, -0.05) is 25.1 Å². The maximum absolute atomic E-state index is 11.1. The summed E-state index contributed by atoms with van der Waals surface area (Å²) < 4.78 is 0. The maximum Gasteiger partial charge on any atom is 0.248 e. The monoisotopic (exact) mass is 207 g/mol. The molecule has 1 amide bonds. The lowest BCUT2D eigenvalue weighted by Gasteiger charge is -2.03. The molecule has 1 aromatic carbocycles. The van der Waals surface area contributed by atoms with Gasteiger partial charge in [-0.3, -0.25) is 4.79 Å². The van der Waals surface area contributed by atoms with Crippen molar-refractivity contribution in [2.45, 2.75) is 18.2 Å². The van der Waals surface area contributed by atoms with Crippen molar-refractivity contribution in [1.82, 2.24) is 0 Å². The van der Waals surface area contributed by atoms with Crippen LogP contribution in [0.1, 0.15) is 18.9 Å². The maximum atomic E-state index is 11.1. The summed E-state index contributed by atoms with van der Waals surface area (Å²) in [6, 6.07) is 7.36. The fourth-order valence-corrected chi connectivity index (χ4v) is 1.35. The van der Waals surface area contributed by atoms with Gasteiger partial charge in [0.1, 0.15) is 0 Å². The molecule has 0 unspecified atom stereocenters. The molecule has 0 atom stereocenters. The van der Waals surface area contributed by atoms with Crippen molar-refractivity contribution >= 4 is 24.1 Å². The highest BCUT2D eigenvalue weighted by Crippen LogP contribution is 2.16. The molecule has 1 rings (SSSR count). The van der Waals surface area contributed by atoms with E-state index in [0.717, 1.165) is 16.9 Å². The molecule has 0 aliphatic carbocycles. The molecule has 2 N–H and O–H groups in total. The van der Waals surface area contributed by atoms with E-state index in [1.165, 1.54) is 0 Å². The Balaban J connectivity index is 3.06. The number of allylic oxidation sites excluding steroid dienone is 1. The van der Waals surface area contributed by atoms with Gasteiger partial charge in [0.15, 0.2) is 0 Å². The number of nitrogens with two attached hydrogens (primary N) is 1. The van der Waals surface area contributed by atoms with Crippen LogP contribution < -0.4 is 5.73 Å². The molecule has 1 aromatic rings. The number of carbonyl (C=O) groups is 1. The summed E-state index contributed by atoms with van der Waals surface area (Å²) in [5, 5.41) is 0. The molecule has 0 aliphatic rings. The first-order chi connectivity index (χ1) is 6.65. The van der Waals surface area contributed by atoms with Crippen LogP contribution in [-0.4, -0.2) is 5.91 Å². The predicted octanol–water partition coefficient (Wildman–Crippen LogP) is 2.25. The topological polar surface area (TPSA) is 43.1 Å². The number of thiol groups is 1. The zero-order valence-corrected chi connectivity index (χ0v) is 8.92. The SMILES string of the molecule is CC/C=C(\C(N)=O)c1ccc(S)cc1. The number of hydrogen-bond acceptors (Lipinski definition) is 2. The van der Waals surface area contributed by atoms with Crippen LogP contribution in [-0.2, 0) is 4.79 Å². The second kappa shape index (κ2) is 4.86. The Kier molecular flexibility index (Phi) is 3.77. The molecule has 0 saturated heterocycles. The molecule has 2 nitrogen and oxygen atoms in total. The minimum Gasteiger partial charge on any atom is -0.366 e. The van der Waals surface area contributed by atoms with Crippen LogP contribution in [0.5, 0.6) is 0 Å². The molecule has 3 heteroatoms. The molecule has 0 spiro atoms. The zero-order valence-electron chi connectivity index (χ0n) is 8.03. The number of hydrogen-bond donors (Lipinski definition) is 2. The Morgan fingerprint density at radius 1 is 1.43 bits per heavy atom. The van der Waals surface area contributed by atoms with Crippen LogP contribution in [0.3, 0.4) is 0 Å². The van der Waals surface area contributed by atoms with Gasteiger partial charge in [-0.05, 0) is 24.1 Å². The van der Waals surface area contributed by atoms with Crippen molar-refractivity contribution in [3.8, 4) is 0 Å². The van der Waals surface area contributed by atoms with Gasteiger partial charge in [0.25, 0.3) is 0 Å². The second-order valence-electron chi connectivity index (χ2n) is 2.94. The third kappa shape index (κ3) is 2.64. The summed E-state index contributed by atoms with van der Waals surface area (Å²) in [6.45, 7) is 1.97. The second-order valence-corrected chi connectivity index (χ2v) is 3.45. The van der Waals surface area contributed by atoms with E-state index in [1.807, 2.05) is 37.3 Å². The molecular formula is C11H13NOS. The molecule has 0 heterocycles. The van der Waals surface area contributed by atoms with Crippen molar-refractivity contribution in [3.05, 3.63) is 35.9 Å². The predicted molar refractivity (Wildman–Crippen MR) is 61.2 cm³/mol. The van der Waals surface area contributed by atoms with Gasteiger partial charge in [-0.2, -0.15) is 0 Å². The zero-order chi connectivity index (χ0) is 10.6. The lowest BCUT2D eigenvalue weighted by molar-refractivity contribution is -0.112. The summed E-state index contributed by atoms with van der Waals surface area (Å²) in [6.07, 6.45) is 2.62. The van der Waals surface area contributed by atoms with Crippen LogP contribution in [0, 0.1) is 0 Å². The number of amides is 1. The Hall–Kier alpha value is -1.22. The average molecular weight is 207 g/mol. The van der Waals surface area contributed by atoms with Crippen molar-refractivity contribution in [2.75, 3.05) is 0 Å². The Morgan fingerprint density at radius 3 is 2.43 bits per heavy atom. The molecule has 0 saturated carbocycles. The van der Waals surface area contributed by atoms with Gasteiger partial charge < -0.3 is 5.73 Å². The van der Waals surface area contributed by atoms with Gasteiger partial charge in [-0.15, -0.1) is 12.6 Å². The highest BCUT2D eigenvalue weighted by atomic mass is 32.1. The van der Waals surface area contributed by atoms with E-state index in [1.54, 1.807) is 0 Å². The van der Waals surface area contributed by atoms with E-state index >= 15 is 0 Å². The molecule has 0 aromatic heterocycles. The van der Waals surface area contributed by atoms with E-state index < -0.39 is 5.91 Å². The Labute approximate surface area is 89.2 Å². The fraction of sp³-hybridized carbons (Fsp3) is 0.182. The lowest BCUT2D eigenvalue weighted by Crippen LogP contribution is -2.12. The molecule has 0 aliphatic heterocycles. The molecule has 0 fully saturated rings. The number of benzene rings is 1. The first kappa shape index (κ1) is 10.9. The summed E-state index contributed by atoms with van der Waals surface area (Å²) >= 11 is 4.17. The van der Waals surface area contributed by atoms with E-state index in [9.17, 15) is 4.79 Å². The van der Waals surface area contributed by atoms with Crippen LogP contribution in [0.4, 0.5) is 0 Å². The van der Waals surface area contributed by atoms with Gasteiger partial charge in [-0.25, -0.2) is 0 Å². The van der Waals surface area contributed by atoms with E-state index in [0.29, 0.717) is 5.57 Å². The van der Waals surface area contributed by atoms with Crippen molar-refractivity contribution in [1.29, 1.82) is 0 Å². The van der Waals surface area contributed by atoms with Crippen molar-refractivity contribution in [3.63, 3.8) is 0 Å².